The summed E-state index contributed by atoms with van der Waals surface area (Å²) in [5, 5.41) is 14.8. The third kappa shape index (κ3) is 4.11. The van der Waals surface area contributed by atoms with Crippen LogP contribution >= 0.6 is 12.2 Å². The fraction of sp³-hybridized carbons (Fsp3) is 0.316. The van der Waals surface area contributed by atoms with Crippen molar-refractivity contribution >= 4 is 34.4 Å². The van der Waals surface area contributed by atoms with Crippen LogP contribution in [-0.2, 0) is 0 Å². The van der Waals surface area contributed by atoms with Crippen molar-refractivity contribution < 1.29 is 4.92 Å². The maximum atomic E-state index is 10.8. The summed E-state index contributed by atoms with van der Waals surface area (Å²) in [6.07, 6.45) is 0. The van der Waals surface area contributed by atoms with Gasteiger partial charge in [-0.1, -0.05) is 6.07 Å². The topological polar surface area (TPSA) is 61.6 Å². The van der Waals surface area contributed by atoms with Crippen LogP contribution in [0.15, 0.2) is 42.5 Å². The lowest BCUT2D eigenvalue weighted by Gasteiger charge is -2.37. The van der Waals surface area contributed by atoms with Crippen molar-refractivity contribution in [1.82, 2.24) is 4.90 Å². The molecule has 0 saturated carbocycles. The molecule has 0 aliphatic carbocycles. The lowest BCUT2D eigenvalue weighted by Crippen LogP contribution is -2.50. The predicted molar refractivity (Wildman–Crippen MR) is 109 cm³/mol. The van der Waals surface area contributed by atoms with Gasteiger partial charge in [-0.3, -0.25) is 10.1 Å². The highest BCUT2D eigenvalue weighted by atomic mass is 32.1. The van der Waals surface area contributed by atoms with Gasteiger partial charge in [0, 0.05) is 49.7 Å². The third-order valence-electron chi connectivity index (χ3n) is 4.75. The van der Waals surface area contributed by atoms with E-state index in [9.17, 15) is 10.1 Å². The summed E-state index contributed by atoms with van der Waals surface area (Å²) in [6.45, 7) is 7.46. The first-order chi connectivity index (χ1) is 12.4. The van der Waals surface area contributed by atoms with Crippen molar-refractivity contribution in [2.24, 2.45) is 0 Å². The molecule has 1 saturated heterocycles. The summed E-state index contributed by atoms with van der Waals surface area (Å²) in [7, 11) is 0. The molecule has 1 aliphatic heterocycles. The zero-order chi connectivity index (χ0) is 18.7. The van der Waals surface area contributed by atoms with E-state index < -0.39 is 0 Å². The Morgan fingerprint density at radius 3 is 2.27 bits per heavy atom. The molecule has 136 valence electrons. The maximum absolute atomic E-state index is 10.8. The van der Waals surface area contributed by atoms with E-state index in [2.05, 4.69) is 41.1 Å². The smallest absolute Gasteiger partial charge is 0.269 e. The first kappa shape index (κ1) is 18.1. The molecule has 1 heterocycles. The van der Waals surface area contributed by atoms with E-state index in [4.69, 9.17) is 12.2 Å². The molecule has 1 fully saturated rings. The number of piperazine rings is 1. The Labute approximate surface area is 158 Å². The molecule has 0 aromatic heterocycles. The summed E-state index contributed by atoms with van der Waals surface area (Å²) in [5.41, 5.74) is 4.63. The van der Waals surface area contributed by atoms with Crippen molar-refractivity contribution in [3.63, 3.8) is 0 Å². The number of nitrogens with one attached hydrogen (secondary N) is 1. The standard InChI is InChI=1S/C19H22N4O2S/c1-14-3-4-16(13-15(14)2)20-19(26)22-11-9-21(10-12-22)17-5-7-18(8-6-17)23(24)25/h3-8,13H,9-12H2,1-2H3,(H,20,26). The number of aryl methyl sites for hydroxylation is 2. The summed E-state index contributed by atoms with van der Waals surface area (Å²) < 4.78 is 0. The Morgan fingerprint density at radius 2 is 1.69 bits per heavy atom. The van der Waals surface area contributed by atoms with E-state index in [-0.39, 0.29) is 10.6 Å². The largest absolute Gasteiger partial charge is 0.368 e. The zero-order valence-corrected chi connectivity index (χ0v) is 15.8. The second-order valence-electron chi connectivity index (χ2n) is 6.48. The molecule has 7 heteroatoms. The van der Waals surface area contributed by atoms with Gasteiger partial charge in [-0.05, 0) is 61.5 Å². The fourth-order valence-corrected chi connectivity index (χ4v) is 3.28. The van der Waals surface area contributed by atoms with Gasteiger partial charge < -0.3 is 15.1 Å². The van der Waals surface area contributed by atoms with Crippen LogP contribution in [0.25, 0.3) is 0 Å². The van der Waals surface area contributed by atoms with E-state index >= 15 is 0 Å². The first-order valence-corrected chi connectivity index (χ1v) is 8.97. The average Bonchev–Trinajstić information content (AvgIpc) is 2.65. The molecular formula is C19H22N4O2S. The molecule has 2 aromatic rings. The van der Waals surface area contributed by atoms with E-state index in [0.29, 0.717) is 0 Å². The lowest BCUT2D eigenvalue weighted by atomic mass is 10.1. The van der Waals surface area contributed by atoms with Crippen LogP contribution in [0.5, 0.6) is 0 Å². The predicted octanol–water partition coefficient (Wildman–Crippen LogP) is 3.73. The number of rotatable bonds is 3. The molecule has 26 heavy (non-hydrogen) atoms. The van der Waals surface area contributed by atoms with Crippen LogP contribution in [0, 0.1) is 24.0 Å². The summed E-state index contributed by atoms with van der Waals surface area (Å²) >= 11 is 5.55. The molecule has 0 radical (unpaired) electrons. The van der Waals surface area contributed by atoms with Crippen LogP contribution in [0.3, 0.4) is 0 Å². The summed E-state index contributed by atoms with van der Waals surface area (Å²) in [5.74, 6) is 0. The van der Waals surface area contributed by atoms with Gasteiger partial charge in [0.2, 0.25) is 0 Å². The molecule has 0 atom stereocenters. The highest BCUT2D eigenvalue weighted by molar-refractivity contribution is 7.80. The second kappa shape index (κ2) is 7.70. The van der Waals surface area contributed by atoms with E-state index in [1.807, 2.05) is 6.07 Å². The molecule has 0 bridgehead atoms. The minimum Gasteiger partial charge on any atom is -0.368 e. The lowest BCUT2D eigenvalue weighted by molar-refractivity contribution is -0.384. The maximum Gasteiger partial charge on any atom is 0.269 e. The van der Waals surface area contributed by atoms with Crippen LogP contribution in [0.4, 0.5) is 17.1 Å². The van der Waals surface area contributed by atoms with Crippen molar-refractivity contribution in [2.45, 2.75) is 13.8 Å². The minimum atomic E-state index is -0.376. The normalized spacial score (nSPS) is 14.2. The second-order valence-corrected chi connectivity index (χ2v) is 6.86. The van der Waals surface area contributed by atoms with Gasteiger partial charge in [0.25, 0.3) is 5.69 Å². The summed E-state index contributed by atoms with van der Waals surface area (Å²) in [4.78, 5) is 14.8. The number of nitrogens with zero attached hydrogens (tertiary/aromatic N) is 3. The van der Waals surface area contributed by atoms with Gasteiger partial charge in [-0.15, -0.1) is 0 Å². The van der Waals surface area contributed by atoms with Crippen LogP contribution in [0.1, 0.15) is 11.1 Å². The number of anilines is 2. The number of hydrogen-bond acceptors (Lipinski definition) is 4. The van der Waals surface area contributed by atoms with Crippen molar-refractivity contribution in [2.75, 3.05) is 36.4 Å². The van der Waals surface area contributed by atoms with Gasteiger partial charge in [-0.25, -0.2) is 0 Å². The van der Waals surface area contributed by atoms with E-state index in [0.717, 1.165) is 42.7 Å². The number of benzene rings is 2. The Kier molecular flexibility index (Phi) is 5.37. The highest BCUT2D eigenvalue weighted by Gasteiger charge is 2.20. The molecule has 0 unspecified atom stereocenters. The number of hydrogen-bond donors (Lipinski definition) is 1. The van der Waals surface area contributed by atoms with Gasteiger partial charge in [0.1, 0.15) is 0 Å². The van der Waals surface area contributed by atoms with E-state index in [1.165, 1.54) is 11.1 Å². The van der Waals surface area contributed by atoms with Gasteiger partial charge in [0.05, 0.1) is 4.92 Å². The molecule has 6 nitrogen and oxygen atoms in total. The average molecular weight is 370 g/mol. The Hall–Kier alpha value is -2.67. The highest BCUT2D eigenvalue weighted by Crippen LogP contribution is 2.21. The SMILES string of the molecule is Cc1ccc(NC(=S)N2CCN(c3ccc([N+](=O)[O-])cc3)CC2)cc1C. The van der Waals surface area contributed by atoms with Gasteiger partial charge >= 0.3 is 0 Å². The number of nitro groups is 1. The molecule has 3 rings (SSSR count). The third-order valence-corrected chi connectivity index (χ3v) is 5.11. The van der Waals surface area contributed by atoms with Crippen LogP contribution in [-0.4, -0.2) is 41.1 Å². The molecule has 2 aromatic carbocycles. The number of nitro benzene ring substituents is 1. The van der Waals surface area contributed by atoms with Crippen molar-refractivity contribution in [1.29, 1.82) is 0 Å². The molecule has 1 aliphatic rings. The van der Waals surface area contributed by atoms with Gasteiger partial charge in [-0.2, -0.15) is 0 Å². The number of thiocarbonyl (C=S) groups is 1. The summed E-state index contributed by atoms with van der Waals surface area (Å²) in [6, 6.07) is 12.9. The Bertz CT molecular complexity index is 815. The molecule has 0 amide bonds. The van der Waals surface area contributed by atoms with Crippen LogP contribution < -0.4 is 10.2 Å². The fourth-order valence-electron chi connectivity index (χ4n) is 2.97. The molecular weight excluding hydrogens is 348 g/mol. The quantitative estimate of drug-likeness (QED) is 0.505. The molecule has 0 spiro atoms. The van der Waals surface area contributed by atoms with Gasteiger partial charge in [0.15, 0.2) is 5.11 Å². The minimum absolute atomic E-state index is 0.117. The van der Waals surface area contributed by atoms with Crippen molar-refractivity contribution in [3.05, 3.63) is 63.7 Å². The Balaban J connectivity index is 1.56. The van der Waals surface area contributed by atoms with Crippen LogP contribution in [0.2, 0.25) is 0 Å². The first-order valence-electron chi connectivity index (χ1n) is 8.56. The zero-order valence-electron chi connectivity index (χ0n) is 14.9. The van der Waals surface area contributed by atoms with Crippen molar-refractivity contribution in [3.8, 4) is 0 Å². The monoisotopic (exact) mass is 370 g/mol. The number of non-ortho nitro benzene ring substituents is 1. The molecule has 1 N–H and O–H groups in total. The van der Waals surface area contributed by atoms with E-state index in [1.54, 1.807) is 24.3 Å². The Morgan fingerprint density at radius 1 is 1.04 bits per heavy atom.